The summed E-state index contributed by atoms with van der Waals surface area (Å²) in [5, 5.41) is 13.2. The SMILES string of the molecule is CC(C)N(C(=O)C1=C(c2ccccc2F)N=C(N2CCCCC2)NC1)c1cccc(O)c1. The second-order valence-electron chi connectivity index (χ2n) is 8.43. The van der Waals surface area contributed by atoms with Gasteiger partial charge in [-0.05, 0) is 57.4 Å². The number of nitrogens with zero attached hydrogens (tertiary/aromatic N) is 3. The van der Waals surface area contributed by atoms with E-state index in [1.54, 1.807) is 47.4 Å². The van der Waals surface area contributed by atoms with Gasteiger partial charge in [0, 0.05) is 36.4 Å². The van der Waals surface area contributed by atoms with E-state index >= 15 is 0 Å². The molecule has 0 radical (unpaired) electrons. The van der Waals surface area contributed by atoms with Crippen molar-refractivity contribution >= 4 is 23.3 Å². The Hall–Kier alpha value is -3.35. The summed E-state index contributed by atoms with van der Waals surface area (Å²) in [6.07, 6.45) is 3.37. The number of aromatic hydroxyl groups is 1. The van der Waals surface area contributed by atoms with Crippen LogP contribution in [-0.4, -0.2) is 47.5 Å². The number of anilines is 1. The first-order valence-electron chi connectivity index (χ1n) is 11.1. The molecule has 7 heteroatoms. The van der Waals surface area contributed by atoms with Crippen molar-refractivity contribution in [3.8, 4) is 5.75 Å². The molecule has 2 heterocycles. The highest BCUT2D eigenvalue weighted by Gasteiger charge is 2.30. The average molecular weight is 437 g/mol. The lowest BCUT2D eigenvalue weighted by molar-refractivity contribution is -0.115. The Morgan fingerprint density at radius 3 is 2.56 bits per heavy atom. The molecule has 2 aromatic carbocycles. The van der Waals surface area contributed by atoms with E-state index in [1.165, 1.54) is 12.5 Å². The Kier molecular flexibility index (Phi) is 6.44. The van der Waals surface area contributed by atoms with Gasteiger partial charge in [-0.25, -0.2) is 9.38 Å². The van der Waals surface area contributed by atoms with Crippen molar-refractivity contribution in [2.45, 2.75) is 39.2 Å². The van der Waals surface area contributed by atoms with Gasteiger partial charge in [-0.2, -0.15) is 0 Å². The van der Waals surface area contributed by atoms with Gasteiger partial charge in [-0.1, -0.05) is 18.2 Å². The number of benzene rings is 2. The summed E-state index contributed by atoms with van der Waals surface area (Å²) in [6.45, 7) is 5.84. The van der Waals surface area contributed by atoms with Crippen molar-refractivity contribution in [2.24, 2.45) is 4.99 Å². The maximum absolute atomic E-state index is 14.8. The van der Waals surface area contributed by atoms with E-state index in [-0.39, 0.29) is 24.2 Å². The van der Waals surface area contributed by atoms with E-state index < -0.39 is 5.82 Å². The summed E-state index contributed by atoms with van der Waals surface area (Å²) in [5.74, 6) is 0.0899. The maximum atomic E-state index is 14.8. The van der Waals surface area contributed by atoms with Crippen LogP contribution >= 0.6 is 0 Å². The first-order chi connectivity index (χ1) is 15.5. The van der Waals surface area contributed by atoms with Gasteiger partial charge >= 0.3 is 0 Å². The number of amides is 1. The highest BCUT2D eigenvalue weighted by molar-refractivity contribution is 6.13. The molecule has 0 bridgehead atoms. The molecule has 6 nitrogen and oxygen atoms in total. The molecule has 1 amide bonds. The lowest BCUT2D eigenvalue weighted by atomic mass is 10.0. The summed E-state index contributed by atoms with van der Waals surface area (Å²) in [7, 11) is 0. The lowest BCUT2D eigenvalue weighted by Crippen LogP contribution is -2.48. The summed E-state index contributed by atoms with van der Waals surface area (Å²) < 4.78 is 14.8. The number of piperidine rings is 1. The van der Waals surface area contributed by atoms with Gasteiger partial charge < -0.3 is 20.2 Å². The smallest absolute Gasteiger partial charge is 0.258 e. The molecule has 0 spiro atoms. The van der Waals surface area contributed by atoms with Crippen molar-refractivity contribution in [1.29, 1.82) is 0 Å². The van der Waals surface area contributed by atoms with Crippen LogP contribution < -0.4 is 10.2 Å². The van der Waals surface area contributed by atoms with Crippen molar-refractivity contribution < 1.29 is 14.3 Å². The Morgan fingerprint density at radius 2 is 1.88 bits per heavy atom. The minimum Gasteiger partial charge on any atom is -0.508 e. The largest absolute Gasteiger partial charge is 0.508 e. The number of phenolic OH excluding ortho intramolecular Hbond substituents is 1. The van der Waals surface area contributed by atoms with Crippen molar-refractivity contribution in [2.75, 3.05) is 24.5 Å². The van der Waals surface area contributed by atoms with Crippen LogP contribution in [-0.2, 0) is 4.79 Å². The second kappa shape index (κ2) is 9.42. The zero-order chi connectivity index (χ0) is 22.7. The quantitative estimate of drug-likeness (QED) is 0.756. The Bertz CT molecular complexity index is 1060. The molecule has 2 N–H and O–H groups in total. The molecule has 2 aromatic rings. The topological polar surface area (TPSA) is 68.2 Å². The third-order valence-corrected chi connectivity index (χ3v) is 5.81. The predicted molar refractivity (Wildman–Crippen MR) is 125 cm³/mol. The lowest BCUT2D eigenvalue weighted by Gasteiger charge is -2.34. The summed E-state index contributed by atoms with van der Waals surface area (Å²) in [6, 6.07) is 12.8. The Labute approximate surface area is 188 Å². The van der Waals surface area contributed by atoms with E-state index in [0.717, 1.165) is 25.9 Å². The number of halogens is 1. The summed E-state index contributed by atoms with van der Waals surface area (Å²) in [4.78, 5) is 22.3. The van der Waals surface area contributed by atoms with Gasteiger partial charge in [0.1, 0.15) is 11.6 Å². The standard InChI is InChI=1S/C25H29FN4O2/c1-17(2)30(18-9-8-10-19(31)15-18)24(32)21-16-27-25(29-13-6-3-7-14-29)28-23(21)20-11-4-5-12-22(20)26/h4-5,8-12,15,17,31H,3,6-7,13-14,16H2,1-2H3,(H,27,28). The summed E-state index contributed by atoms with van der Waals surface area (Å²) >= 11 is 0. The number of hydrogen-bond acceptors (Lipinski definition) is 5. The van der Waals surface area contributed by atoms with Crippen LogP contribution in [0.2, 0.25) is 0 Å². The number of hydrogen-bond donors (Lipinski definition) is 2. The van der Waals surface area contributed by atoms with E-state index in [4.69, 9.17) is 4.99 Å². The number of carbonyl (C=O) groups excluding carboxylic acids is 1. The first-order valence-corrected chi connectivity index (χ1v) is 11.1. The van der Waals surface area contributed by atoms with Gasteiger partial charge in [-0.15, -0.1) is 0 Å². The Balaban J connectivity index is 1.81. The molecule has 1 fully saturated rings. The van der Waals surface area contributed by atoms with Crippen molar-refractivity contribution in [3.05, 3.63) is 65.5 Å². The number of rotatable bonds is 4. The zero-order valence-corrected chi connectivity index (χ0v) is 18.5. The molecule has 4 rings (SSSR count). The average Bonchev–Trinajstić information content (AvgIpc) is 2.79. The van der Waals surface area contributed by atoms with Gasteiger partial charge in [0.2, 0.25) is 0 Å². The molecule has 0 atom stereocenters. The van der Waals surface area contributed by atoms with Crippen LogP contribution in [0, 0.1) is 5.82 Å². The number of phenols is 1. The predicted octanol–water partition coefficient (Wildman–Crippen LogP) is 4.13. The summed E-state index contributed by atoms with van der Waals surface area (Å²) in [5.41, 5.74) is 1.65. The molecule has 32 heavy (non-hydrogen) atoms. The minimum atomic E-state index is -0.412. The van der Waals surface area contributed by atoms with Gasteiger partial charge in [0.25, 0.3) is 5.91 Å². The van der Waals surface area contributed by atoms with Crippen LogP contribution in [0.25, 0.3) is 5.70 Å². The molecular formula is C25H29FN4O2. The van der Waals surface area contributed by atoms with E-state index in [2.05, 4.69) is 10.2 Å². The van der Waals surface area contributed by atoms with E-state index in [0.29, 0.717) is 28.5 Å². The second-order valence-corrected chi connectivity index (χ2v) is 8.43. The third-order valence-electron chi connectivity index (χ3n) is 5.81. The third kappa shape index (κ3) is 4.47. The fraction of sp³-hybridized carbons (Fsp3) is 0.360. The molecule has 2 aliphatic heterocycles. The fourth-order valence-electron chi connectivity index (χ4n) is 4.24. The first kappa shape index (κ1) is 21.9. The molecule has 2 aliphatic rings. The highest BCUT2D eigenvalue weighted by atomic mass is 19.1. The van der Waals surface area contributed by atoms with Crippen LogP contribution in [0.3, 0.4) is 0 Å². The van der Waals surface area contributed by atoms with Crippen LogP contribution in [0.1, 0.15) is 38.7 Å². The van der Waals surface area contributed by atoms with E-state index in [1.807, 2.05) is 13.8 Å². The number of carbonyl (C=O) groups is 1. The monoisotopic (exact) mass is 436 g/mol. The van der Waals surface area contributed by atoms with Crippen LogP contribution in [0.15, 0.2) is 59.1 Å². The number of likely N-dealkylation sites (tertiary alicyclic amines) is 1. The molecule has 0 unspecified atom stereocenters. The maximum Gasteiger partial charge on any atom is 0.258 e. The van der Waals surface area contributed by atoms with Gasteiger partial charge in [0.05, 0.1) is 17.8 Å². The van der Waals surface area contributed by atoms with Crippen molar-refractivity contribution in [1.82, 2.24) is 10.2 Å². The molecule has 0 aromatic heterocycles. The highest BCUT2D eigenvalue weighted by Crippen LogP contribution is 2.30. The molecule has 0 aliphatic carbocycles. The molecule has 168 valence electrons. The molecular weight excluding hydrogens is 407 g/mol. The zero-order valence-electron chi connectivity index (χ0n) is 18.5. The molecule has 1 saturated heterocycles. The van der Waals surface area contributed by atoms with Gasteiger partial charge in [-0.3, -0.25) is 4.79 Å². The number of nitrogens with one attached hydrogen (secondary N) is 1. The Morgan fingerprint density at radius 1 is 1.12 bits per heavy atom. The minimum absolute atomic E-state index is 0.0800. The van der Waals surface area contributed by atoms with Gasteiger partial charge in [0.15, 0.2) is 5.96 Å². The van der Waals surface area contributed by atoms with Crippen LogP contribution in [0.5, 0.6) is 5.75 Å². The fourth-order valence-corrected chi connectivity index (χ4v) is 4.24. The van der Waals surface area contributed by atoms with Crippen LogP contribution in [0.4, 0.5) is 10.1 Å². The normalized spacial score (nSPS) is 16.6. The molecule has 0 saturated carbocycles. The van der Waals surface area contributed by atoms with E-state index in [9.17, 15) is 14.3 Å². The van der Waals surface area contributed by atoms with Crippen molar-refractivity contribution in [3.63, 3.8) is 0 Å². The number of guanidine groups is 1. The number of aliphatic imine (C=N–C) groups is 1.